The quantitative estimate of drug-likeness (QED) is 0.929. The van der Waals surface area contributed by atoms with Gasteiger partial charge in [0.25, 0.3) is 0 Å². The first-order valence-corrected chi connectivity index (χ1v) is 6.05. The highest BCUT2D eigenvalue weighted by Crippen LogP contribution is 2.20. The van der Waals surface area contributed by atoms with Crippen molar-refractivity contribution in [1.82, 2.24) is 5.32 Å². The summed E-state index contributed by atoms with van der Waals surface area (Å²) in [4.78, 5) is 12.6. The number of nitrogens with zero attached hydrogens (tertiary/aromatic N) is 1. The molecule has 0 aliphatic heterocycles. The lowest BCUT2D eigenvalue weighted by atomic mass is 9.95. The topological polar surface area (TPSA) is 52.9 Å². The van der Waals surface area contributed by atoms with Gasteiger partial charge in [0.1, 0.15) is 5.41 Å². The van der Waals surface area contributed by atoms with Crippen molar-refractivity contribution in [1.29, 1.82) is 5.26 Å². The Kier molecular flexibility index (Phi) is 3.89. The summed E-state index contributed by atoms with van der Waals surface area (Å²) in [5.41, 5.74) is -0.964. The van der Waals surface area contributed by atoms with E-state index < -0.39 is 5.41 Å². The van der Waals surface area contributed by atoms with Crippen molar-refractivity contribution >= 4 is 33.2 Å². The second-order valence-electron chi connectivity index (χ2n) is 3.65. The molecule has 0 aromatic carbocycles. The van der Waals surface area contributed by atoms with Gasteiger partial charge in [-0.15, -0.1) is 11.3 Å². The van der Waals surface area contributed by atoms with Crippen molar-refractivity contribution in [2.45, 2.75) is 20.4 Å². The van der Waals surface area contributed by atoms with E-state index >= 15 is 0 Å². The van der Waals surface area contributed by atoms with Gasteiger partial charge in [0, 0.05) is 14.7 Å². The third-order valence-electron chi connectivity index (χ3n) is 1.89. The van der Waals surface area contributed by atoms with Gasteiger partial charge in [-0.05, 0) is 35.8 Å². The van der Waals surface area contributed by atoms with Crippen LogP contribution in [0.15, 0.2) is 15.9 Å². The van der Waals surface area contributed by atoms with Gasteiger partial charge in [-0.25, -0.2) is 0 Å². The predicted octanol–water partition coefficient (Wildman–Crippen LogP) is 2.68. The van der Waals surface area contributed by atoms with Crippen LogP contribution in [0.25, 0.3) is 0 Å². The van der Waals surface area contributed by atoms with Crippen LogP contribution in [-0.4, -0.2) is 5.91 Å². The molecule has 0 aliphatic carbocycles. The summed E-state index contributed by atoms with van der Waals surface area (Å²) in [5, 5.41) is 13.4. The van der Waals surface area contributed by atoms with Crippen LogP contribution in [0.2, 0.25) is 0 Å². The first kappa shape index (κ1) is 12.2. The van der Waals surface area contributed by atoms with Crippen molar-refractivity contribution in [2.24, 2.45) is 5.41 Å². The zero-order chi connectivity index (χ0) is 11.5. The number of amides is 1. The van der Waals surface area contributed by atoms with E-state index in [2.05, 4.69) is 21.2 Å². The number of nitriles is 1. The Balaban J connectivity index is 2.52. The Morgan fingerprint density at radius 2 is 2.40 bits per heavy atom. The van der Waals surface area contributed by atoms with Crippen LogP contribution in [0.4, 0.5) is 0 Å². The predicted molar refractivity (Wildman–Crippen MR) is 63.3 cm³/mol. The maximum Gasteiger partial charge on any atom is 0.240 e. The molecule has 0 saturated heterocycles. The van der Waals surface area contributed by atoms with Crippen LogP contribution in [0, 0.1) is 16.7 Å². The van der Waals surface area contributed by atoms with E-state index in [0.717, 1.165) is 9.35 Å². The minimum absolute atomic E-state index is 0.241. The number of hydrogen-bond acceptors (Lipinski definition) is 3. The standard InChI is InChI=1S/C10H11BrN2OS/c1-10(2,6-12)9(14)13-4-8-3-7(11)5-15-8/h3,5H,4H2,1-2H3,(H,13,14). The fourth-order valence-corrected chi connectivity index (χ4v) is 2.28. The highest BCUT2D eigenvalue weighted by atomic mass is 79.9. The van der Waals surface area contributed by atoms with Crippen molar-refractivity contribution in [3.8, 4) is 6.07 Å². The van der Waals surface area contributed by atoms with E-state index in [4.69, 9.17) is 5.26 Å². The molecule has 1 aromatic heterocycles. The zero-order valence-corrected chi connectivity index (χ0v) is 10.9. The molecule has 0 aliphatic rings. The third-order valence-corrected chi connectivity index (χ3v) is 3.59. The minimum atomic E-state index is -0.964. The molecule has 0 unspecified atom stereocenters. The summed E-state index contributed by atoms with van der Waals surface area (Å²) in [7, 11) is 0. The first-order valence-electron chi connectivity index (χ1n) is 4.38. The van der Waals surface area contributed by atoms with Crippen molar-refractivity contribution in [3.05, 3.63) is 20.8 Å². The highest BCUT2D eigenvalue weighted by molar-refractivity contribution is 9.10. The van der Waals surface area contributed by atoms with Gasteiger partial charge in [0.15, 0.2) is 0 Å². The number of rotatable bonds is 3. The fraction of sp³-hybridized carbons (Fsp3) is 0.400. The molecule has 15 heavy (non-hydrogen) atoms. The second kappa shape index (κ2) is 4.77. The van der Waals surface area contributed by atoms with E-state index in [0.29, 0.717) is 6.54 Å². The van der Waals surface area contributed by atoms with E-state index in [1.54, 1.807) is 25.2 Å². The molecule has 0 atom stereocenters. The molecule has 0 radical (unpaired) electrons. The van der Waals surface area contributed by atoms with Gasteiger partial charge in [-0.1, -0.05) is 0 Å². The van der Waals surface area contributed by atoms with Gasteiger partial charge < -0.3 is 5.32 Å². The van der Waals surface area contributed by atoms with Crippen LogP contribution in [0.1, 0.15) is 18.7 Å². The van der Waals surface area contributed by atoms with Crippen LogP contribution >= 0.6 is 27.3 Å². The largest absolute Gasteiger partial charge is 0.350 e. The Bertz CT molecular complexity index is 406. The molecule has 5 heteroatoms. The molecule has 0 spiro atoms. The van der Waals surface area contributed by atoms with E-state index in [1.165, 1.54) is 0 Å². The van der Waals surface area contributed by atoms with Gasteiger partial charge in [0.05, 0.1) is 12.6 Å². The van der Waals surface area contributed by atoms with Crippen molar-refractivity contribution < 1.29 is 4.79 Å². The average molecular weight is 287 g/mol. The SMILES string of the molecule is CC(C)(C#N)C(=O)NCc1cc(Br)cs1. The number of carbonyl (C=O) groups excluding carboxylic acids is 1. The summed E-state index contributed by atoms with van der Waals surface area (Å²) < 4.78 is 1.01. The first-order chi connectivity index (χ1) is 6.95. The summed E-state index contributed by atoms with van der Waals surface area (Å²) in [6, 6.07) is 3.91. The summed E-state index contributed by atoms with van der Waals surface area (Å²) in [6.45, 7) is 3.68. The molecule has 0 bridgehead atoms. The van der Waals surface area contributed by atoms with E-state index in [1.807, 2.05) is 17.5 Å². The van der Waals surface area contributed by atoms with Crippen molar-refractivity contribution in [3.63, 3.8) is 0 Å². The minimum Gasteiger partial charge on any atom is -0.350 e. The summed E-state index contributed by atoms with van der Waals surface area (Å²) in [6.07, 6.45) is 0. The molecule has 0 fully saturated rings. The van der Waals surface area contributed by atoms with Crippen molar-refractivity contribution in [2.75, 3.05) is 0 Å². The molecule has 1 amide bonds. The second-order valence-corrected chi connectivity index (χ2v) is 5.56. The number of hydrogen-bond donors (Lipinski definition) is 1. The van der Waals surface area contributed by atoms with Gasteiger partial charge in [-0.3, -0.25) is 4.79 Å². The lowest BCUT2D eigenvalue weighted by molar-refractivity contribution is -0.126. The Hall–Kier alpha value is -0.860. The number of thiophene rings is 1. The number of carbonyl (C=O) groups is 1. The maximum atomic E-state index is 11.5. The van der Waals surface area contributed by atoms with Crippen LogP contribution < -0.4 is 5.32 Å². The Morgan fingerprint density at radius 1 is 1.73 bits per heavy atom. The molecule has 1 heterocycles. The lowest BCUT2D eigenvalue weighted by Gasteiger charge is -2.14. The van der Waals surface area contributed by atoms with Crippen LogP contribution in [0.3, 0.4) is 0 Å². The van der Waals surface area contributed by atoms with Crippen LogP contribution in [0.5, 0.6) is 0 Å². The molecular weight excluding hydrogens is 276 g/mol. The number of halogens is 1. The van der Waals surface area contributed by atoms with E-state index in [9.17, 15) is 4.79 Å². The van der Waals surface area contributed by atoms with Gasteiger partial charge in [-0.2, -0.15) is 5.26 Å². The molecule has 0 saturated carbocycles. The molecule has 1 aromatic rings. The Labute approximate surface area is 101 Å². The van der Waals surface area contributed by atoms with Gasteiger partial charge in [0.2, 0.25) is 5.91 Å². The summed E-state index contributed by atoms with van der Waals surface area (Å²) >= 11 is 4.90. The van der Waals surface area contributed by atoms with E-state index in [-0.39, 0.29) is 5.91 Å². The summed E-state index contributed by atoms with van der Waals surface area (Å²) in [5.74, 6) is -0.241. The monoisotopic (exact) mass is 286 g/mol. The van der Waals surface area contributed by atoms with Gasteiger partial charge >= 0.3 is 0 Å². The molecule has 1 N–H and O–H groups in total. The highest BCUT2D eigenvalue weighted by Gasteiger charge is 2.26. The normalized spacial score (nSPS) is 10.8. The zero-order valence-electron chi connectivity index (χ0n) is 8.50. The molecule has 80 valence electrons. The molecular formula is C10H11BrN2OS. The third kappa shape index (κ3) is 3.33. The Morgan fingerprint density at radius 3 is 2.87 bits per heavy atom. The number of nitrogens with one attached hydrogen (secondary N) is 1. The molecule has 1 rings (SSSR count). The average Bonchev–Trinajstić information content (AvgIpc) is 2.60. The lowest BCUT2D eigenvalue weighted by Crippen LogP contribution is -2.35. The fourth-order valence-electron chi connectivity index (χ4n) is 0.886. The maximum absolute atomic E-state index is 11.5. The molecule has 3 nitrogen and oxygen atoms in total. The smallest absolute Gasteiger partial charge is 0.240 e. The van der Waals surface area contributed by atoms with Crippen LogP contribution in [-0.2, 0) is 11.3 Å².